The van der Waals surface area contributed by atoms with Crippen LogP contribution in [0, 0.1) is 10.1 Å². The number of rotatable bonds is 4. The summed E-state index contributed by atoms with van der Waals surface area (Å²) < 4.78 is 1.48. The average molecular weight is 248 g/mol. The largest absolute Gasteiger partial charge is 0.311 e. The molecule has 2 rings (SSSR count). The Balaban J connectivity index is 2.46. The van der Waals surface area contributed by atoms with Gasteiger partial charge in [-0.05, 0) is 30.5 Å². The van der Waals surface area contributed by atoms with Crippen molar-refractivity contribution < 1.29 is 4.92 Å². The van der Waals surface area contributed by atoms with E-state index in [0.717, 1.165) is 0 Å². The van der Waals surface area contributed by atoms with E-state index in [0.29, 0.717) is 11.5 Å². The molecule has 1 aromatic heterocycles. The SMILES string of the molecule is CNC(C)c1nnnn1-c1cccc([N+](=O)[O-])c1. The molecule has 0 saturated carbocycles. The van der Waals surface area contributed by atoms with Crippen molar-refractivity contribution in [1.29, 1.82) is 0 Å². The molecule has 0 fully saturated rings. The number of non-ortho nitro benzene ring substituents is 1. The highest BCUT2D eigenvalue weighted by Crippen LogP contribution is 2.18. The van der Waals surface area contributed by atoms with Crippen molar-refractivity contribution in [3.05, 3.63) is 40.2 Å². The van der Waals surface area contributed by atoms with Gasteiger partial charge < -0.3 is 5.32 Å². The van der Waals surface area contributed by atoms with Gasteiger partial charge in [-0.3, -0.25) is 10.1 Å². The molecule has 0 spiro atoms. The number of hydrogen-bond acceptors (Lipinski definition) is 6. The van der Waals surface area contributed by atoms with E-state index in [1.165, 1.54) is 16.8 Å². The van der Waals surface area contributed by atoms with Crippen molar-refractivity contribution >= 4 is 5.69 Å². The Kier molecular flexibility index (Phi) is 3.28. The second kappa shape index (κ2) is 4.88. The zero-order chi connectivity index (χ0) is 13.1. The van der Waals surface area contributed by atoms with E-state index in [1.54, 1.807) is 19.2 Å². The molecular formula is C10H12N6O2. The fourth-order valence-corrected chi connectivity index (χ4v) is 1.52. The Morgan fingerprint density at radius 2 is 2.28 bits per heavy atom. The minimum Gasteiger partial charge on any atom is -0.311 e. The fourth-order valence-electron chi connectivity index (χ4n) is 1.52. The van der Waals surface area contributed by atoms with Crippen LogP contribution in [0.1, 0.15) is 18.8 Å². The van der Waals surface area contributed by atoms with Crippen LogP contribution in [0.2, 0.25) is 0 Å². The van der Waals surface area contributed by atoms with Gasteiger partial charge in [0.2, 0.25) is 0 Å². The van der Waals surface area contributed by atoms with Crippen LogP contribution < -0.4 is 5.32 Å². The second-order valence-corrected chi connectivity index (χ2v) is 3.74. The molecule has 18 heavy (non-hydrogen) atoms. The Morgan fingerprint density at radius 3 is 2.94 bits per heavy atom. The molecule has 94 valence electrons. The van der Waals surface area contributed by atoms with Crippen molar-refractivity contribution in [3.8, 4) is 5.69 Å². The number of benzene rings is 1. The molecular weight excluding hydrogens is 236 g/mol. The highest BCUT2D eigenvalue weighted by atomic mass is 16.6. The van der Waals surface area contributed by atoms with E-state index >= 15 is 0 Å². The molecule has 0 amide bonds. The molecule has 8 nitrogen and oxygen atoms in total. The van der Waals surface area contributed by atoms with Gasteiger partial charge in [-0.25, -0.2) is 0 Å². The molecule has 1 unspecified atom stereocenters. The zero-order valence-electron chi connectivity index (χ0n) is 9.94. The molecule has 1 atom stereocenters. The molecule has 0 aliphatic rings. The molecule has 1 aromatic carbocycles. The molecule has 1 N–H and O–H groups in total. The average Bonchev–Trinajstić information content (AvgIpc) is 2.87. The van der Waals surface area contributed by atoms with E-state index in [4.69, 9.17) is 0 Å². The molecule has 8 heteroatoms. The second-order valence-electron chi connectivity index (χ2n) is 3.74. The maximum atomic E-state index is 10.7. The first-order chi connectivity index (χ1) is 8.63. The van der Waals surface area contributed by atoms with Gasteiger partial charge in [0.1, 0.15) is 0 Å². The normalized spacial score (nSPS) is 12.3. The first-order valence-electron chi connectivity index (χ1n) is 5.34. The van der Waals surface area contributed by atoms with Crippen LogP contribution in [0.15, 0.2) is 24.3 Å². The van der Waals surface area contributed by atoms with E-state index in [9.17, 15) is 10.1 Å². The summed E-state index contributed by atoms with van der Waals surface area (Å²) in [6.45, 7) is 1.90. The maximum absolute atomic E-state index is 10.7. The summed E-state index contributed by atoms with van der Waals surface area (Å²) in [5.41, 5.74) is 0.567. The van der Waals surface area contributed by atoms with Gasteiger partial charge in [-0.15, -0.1) is 5.10 Å². The van der Waals surface area contributed by atoms with Crippen LogP contribution in [-0.2, 0) is 0 Å². The van der Waals surface area contributed by atoms with Crippen LogP contribution in [0.25, 0.3) is 5.69 Å². The lowest BCUT2D eigenvalue weighted by molar-refractivity contribution is -0.384. The monoisotopic (exact) mass is 248 g/mol. The summed E-state index contributed by atoms with van der Waals surface area (Å²) in [5, 5.41) is 25.1. The van der Waals surface area contributed by atoms with Crippen LogP contribution in [0.3, 0.4) is 0 Å². The standard InChI is InChI=1S/C10H12N6O2/c1-7(11-2)10-12-13-14-15(10)8-4-3-5-9(6-8)16(17)18/h3-7,11H,1-2H3. The van der Waals surface area contributed by atoms with Gasteiger partial charge in [0.15, 0.2) is 5.82 Å². The lowest BCUT2D eigenvalue weighted by atomic mass is 10.2. The lowest BCUT2D eigenvalue weighted by Gasteiger charge is -2.09. The summed E-state index contributed by atoms with van der Waals surface area (Å²) >= 11 is 0. The molecule has 0 saturated heterocycles. The quantitative estimate of drug-likeness (QED) is 0.636. The van der Waals surface area contributed by atoms with Gasteiger partial charge in [0.25, 0.3) is 5.69 Å². The number of tetrazole rings is 1. The van der Waals surface area contributed by atoms with Crippen molar-refractivity contribution in [2.45, 2.75) is 13.0 Å². The number of nitro groups is 1. The predicted octanol–water partition coefficient (Wildman–Crippen LogP) is 0.851. The fraction of sp³-hybridized carbons (Fsp3) is 0.300. The summed E-state index contributed by atoms with van der Waals surface area (Å²) in [6.07, 6.45) is 0. The molecule has 0 radical (unpaired) electrons. The first-order valence-corrected chi connectivity index (χ1v) is 5.34. The highest BCUT2D eigenvalue weighted by Gasteiger charge is 2.15. The summed E-state index contributed by atoms with van der Waals surface area (Å²) in [5.74, 6) is 0.595. The van der Waals surface area contributed by atoms with Crippen LogP contribution >= 0.6 is 0 Å². The van der Waals surface area contributed by atoms with Gasteiger partial charge >= 0.3 is 0 Å². The Bertz CT molecular complexity index is 567. The third-order valence-corrected chi connectivity index (χ3v) is 2.60. The lowest BCUT2D eigenvalue weighted by Crippen LogP contribution is -2.17. The molecule has 0 aliphatic carbocycles. The Morgan fingerprint density at radius 1 is 1.50 bits per heavy atom. The highest BCUT2D eigenvalue weighted by molar-refractivity contribution is 5.42. The topological polar surface area (TPSA) is 98.8 Å². The van der Waals surface area contributed by atoms with Crippen molar-refractivity contribution in [2.24, 2.45) is 0 Å². The zero-order valence-corrected chi connectivity index (χ0v) is 9.94. The number of nitro benzene ring substituents is 1. The minimum absolute atomic E-state index is 0.00561. The van der Waals surface area contributed by atoms with Crippen LogP contribution in [0.5, 0.6) is 0 Å². The summed E-state index contributed by atoms with van der Waals surface area (Å²) in [7, 11) is 1.79. The molecule has 0 bridgehead atoms. The Hall–Kier alpha value is -2.35. The van der Waals surface area contributed by atoms with Crippen LogP contribution in [0.4, 0.5) is 5.69 Å². The van der Waals surface area contributed by atoms with Gasteiger partial charge in [-0.1, -0.05) is 6.07 Å². The first kappa shape index (κ1) is 12.1. The molecule has 2 aromatic rings. The Labute approximate surface area is 103 Å². The van der Waals surface area contributed by atoms with E-state index in [-0.39, 0.29) is 11.7 Å². The maximum Gasteiger partial charge on any atom is 0.271 e. The molecule has 0 aliphatic heterocycles. The van der Waals surface area contributed by atoms with Crippen molar-refractivity contribution in [1.82, 2.24) is 25.5 Å². The van der Waals surface area contributed by atoms with Crippen molar-refractivity contribution in [3.63, 3.8) is 0 Å². The van der Waals surface area contributed by atoms with E-state index in [1.807, 2.05) is 6.92 Å². The van der Waals surface area contributed by atoms with Gasteiger partial charge in [0, 0.05) is 12.1 Å². The number of hydrogen-bond donors (Lipinski definition) is 1. The van der Waals surface area contributed by atoms with Gasteiger partial charge in [0.05, 0.1) is 16.7 Å². The smallest absolute Gasteiger partial charge is 0.271 e. The third kappa shape index (κ3) is 2.18. The number of nitrogens with one attached hydrogen (secondary N) is 1. The van der Waals surface area contributed by atoms with E-state index in [2.05, 4.69) is 20.8 Å². The number of nitrogens with zero attached hydrogens (tertiary/aromatic N) is 5. The molecule has 1 heterocycles. The summed E-state index contributed by atoms with van der Waals surface area (Å²) in [4.78, 5) is 10.3. The van der Waals surface area contributed by atoms with Crippen LogP contribution in [-0.4, -0.2) is 32.2 Å². The van der Waals surface area contributed by atoms with Gasteiger partial charge in [-0.2, -0.15) is 4.68 Å². The third-order valence-electron chi connectivity index (χ3n) is 2.60. The van der Waals surface area contributed by atoms with E-state index < -0.39 is 4.92 Å². The minimum atomic E-state index is -0.449. The predicted molar refractivity (Wildman–Crippen MR) is 63.3 cm³/mol. The number of aromatic nitrogens is 4. The summed E-state index contributed by atoms with van der Waals surface area (Å²) in [6, 6.07) is 6.12. The van der Waals surface area contributed by atoms with Crippen molar-refractivity contribution in [2.75, 3.05) is 7.05 Å².